The van der Waals surface area contributed by atoms with E-state index in [4.69, 9.17) is 5.84 Å². The van der Waals surface area contributed by atoms with Crippen LogP contribution >= 0.6 is 0 Å². The van der Waals surface area contributed by atoms with E-state index in [9.17, 15) is 4.79 Å². The Morgan fingerprint density at radius 1 is 1.16 bits per heavy atom. The zero-order chi connectivity index (χ0) is 17.2. The lowest BCUT2D eigenvalue weighted by molar-refractivity contribution is 0.149. The smallest absolute Gasteiger partial charge is 0.271 e. The zero-order valence-corrected chi connectivity index (χ0v) is 14.1. The van der Waals surface area contributed by atoms with Crippen molar-refractivity contribution in [1.29, 1.82) is 0 Å². The predicted molar refractivity (Wildman–Crippen MR) is 95.6 cm³/mol. The molecule has 0 amide bonds. The molecule has 4 rings (SSSR count). The molecule has 0 radical (unpaired) electrons. The molecule has 3 aromatic rings. The monoisotopic (exact) mass is 338 g/mol. The average Bonchev–Trinajstić information content (AvgIpc) is 3.08. The molecule has 1 saturated carbocycles. The van der Waals surface area contributed by atoms with E-state index in [2.05, 4.69) is 15.1 Å². The van der Waals surface area contributed by atoms with Crippen LogP contribution in [0.25, 0.3) is 17.2 Å². The lowest BCUT2D eigenvalue weighted by atomic mass is 9.95. The molecule has 0 unspecified atom stereocenters. The van der Waals surface area contributed by atoms with Crippen LogP contribution in [-0.2, 0) is 6.54 Å². The summed E-state index contributed by atoms with van der Waals surface area (Å²) in [6.07, 6.45) is 5.93. The Morgan fingerprint density at radius 2 is 1.92 bits per heavy atom. The van der Waals surface area contributed by atoms with Crippen molar-refractivity contribution in [2.75, 3.05) is 0 Å². The maximum absolute atomic E-state index is 12.4. The van der Waals surface area contributed by atoms with Crippen LogP contribution in [0, 0.1) is 0 Å². The Hall–Kier alpha value is -2.51. The molecule has 7 nitrogen and oxygen atoms in total. The van der Waals surface area contributed by atoms with Crippen molar-refractivity contribution in [3.63, 3.8) is 0 Å². The maximum atomic E-state index is 12.4. The quantitative estimate of drug-likeness (QED) is 0.561. The summed E-state index contributed by atoms with van der Waals surface area (Å²) < 4.78 is 1.37. The second kappa shape index (κ2) is 6.78. The Kier molecular flexibility index (Phi) is 4.33. The summed E-state index contributed by atoms with van der Waals surface area (Å²) >= 11 is 0. The van der Waals surface area contributed by atoms with E-state index in [0.29, 0.717) is 29.9 Å². The Labute approximate surface area is 145 Å². The van der Waals surface area contributed by atoms with Gasteiger partial charge in [-0.25, -0.2) is 9.99 Å². The minimum atomic E-state index is -0.174. The summed E-state index contributed by atoms with van der Waals surface area (Å²) in [7, 11) is 0. The molecule has 2 aromatic heterocycles. The molecule has 0 aliphatic heterocycles. The van der Waals surface area contributed by atoms with Crippen LogP contribution < -0.4 is 11.4 Å². The van der Waals surface area contributed by atoms with Gasteiger partial charge in [0, 0.05) is 17.7 Å². The zero-order valence-electron chi connectivity index (χ0n) is 14.1. The number of nitrogens with one attached hydrogen (secondary N) is 1. The summed E-state index contributed by atoms with van der Waals surface area (Å²) in [6, 6.07) is 11.6. The molecule has 25 heavy (non-hydrogen) atoms. The third-order valence-corrected chi connectivity index (χ3v) is 4.82. The lowest BCUT2D eigenvalue weighted by Crippen LogP contribution is -2.42. The van der Waals surface area contributed by atoms with Gasteiger partial charge in [0.25, 0.3) is 11.3 Å². The normalized spacial score (nSPS) is 15.9. The largest absolute Gasteiger partial charge is 0.274 e. The molecule has 0 saturated heterocycles. The third kappa shape index (κ3) is 3.33. The summed E-state index contributed by atoms with van der Waals surface area (Å²) in [6.45, 7) is 0.462. The number of nitrogens with two attached hydrogens (primary N) is 1. The molecule has 0 spiro atoms. The molecule has 0 atom stereocenters. The highest BCUT2D eigenvalue weighted by Gasteiger charge is 2.19. The molecule has 1 aliphatic carbocycles. The molecule has 3 N–H and O–H groups in total. The van der Waals surface area contributed by atoms with Gasteiger partial charge in [-0.2, -0.15) is 9.50 Å². The fourth-order valence-electron chi connectivity index (χ4n) is 3.46. The summed E-state index contributed by atoms with van der Waals surface area (Å²) in [5, 5.41) is 4.83. The van der Waals surface area contributed by atoms with Crippen LogP contribution in [0.15, 0.2) is 41.2 Å². The number of hydrazine groups is 1. The Bertz CT molecular complexity index is 910. The molecule has 1 aromatic carbocycles. The van der Waals surface area contributed by atoms with Gasteiger partial charge in [-0.1, -0.05) is 49.6 Å². The van der Waals surface area contributed by atoms with Crippen LogP contribution in [-0.4, -0.2) is 30.6 Å². The van der Waals surface area contributed by atoms with E-state index in [-0.39, 0.29) is 5.56 Å². The van der Waals surface area contributed by atoms with Gasteiger partial charge in [0.2, 0.25) is 0 Å². The van der Waals surface area contributed by atoms with E-state index >= 15 is 0 Å². The van der Waals surface area contributed by atoms with Crippen molar-refractivity contribution in [3.05, 3.63) is 52.4 Å². The standard InChI is InChI=1S/C18H22N6O/c19-23(15-9-5-2-6-10-15)12-14-11-16(25)24-18(20-14)21-17(22-24)13-7-3-1-4-8-13/h1,3-4,7-8,11,15H,2,5-6,9-10,12,19H2,(H,20,21,22). The minimum absolute atomic E-state index is 0.174. The van der Waals surface area contributed by atoms with Crippen molar-refractivity contribution >= 4 is 5.78 Å². The molecule has 2 heterocycles. The number of aromatic nitrogens is 4. The van der Waals surface area contributed by atoms with Crippen LogP contribution in [0.5, 0.6) is 0 Å². The number of hydrogen-bond acceptors (Lipinski definition) is 5. The molecule has 1 fully saturated rings. The highest BCUT2D eigenvalue weighted by molar-refractivity contribution is 5.56. The first-order valence-electron chi connectivity index (χ1n) is 8.76. The van der Waals surface area contributed by atoms with Gasteiger partial charge in [0.1, 0.15) is 0 Å². The van der Waals surface area contributed by atoms with Crippen LogP contribution in [0.4, 0.5) is 0 Å². The van der Waals surface area contributed by atoms with Gasteiger partial charge in [0.15, 0.2) is 5.82 Å². The fraction of sp³-hybridized carbons (Fsp3) is 0.389. The molecular weight excluding hydrogens is 316 g/mol. The first-order valence-corrected chi connectivity index (χ1v) is 8.76. The third-order valence-electron chi connectivity index (χ3n) is 4.82. The van der Waals surface area contributed by atoms with Crippen LogP contribution in [0.2, 0.25) is 0 Å². The number of hydrogen-bond donors (Lipinski definition) is 2. The topological polar surface area (TPSA) is 92.3 Å². The SMILES string of the molecule is NN(Cc1cc(=O)n2[nH]c(-c3ccccc3)nc2n1)C1CCCCC1. The van der Waals surface area contributed by atoms with Gasteiger partial charge < -0.3 is 0 Å². The van der Waals surface area contributed by atoms with Gasteiger partial charge in [0.05, 0.1) is 12.2 Å². The van der Waals surface area contributed by atoms with Gasteiger partial charge in [-0.3, -0.25) is 15.7 Å². The highest BCUT2D eigenvalue weighted by Crippen LogP contribution is 2.21. The molecule has 1 aliphatic rings. The van der Waals surface area contributed by atoms with E-state index in [1.165, 1.54) is 29.8 Å². The van der Waals surface area contributed by atoms with Crippen LogP contribution in [0.1, 0.15) is 37.8 Å². The van der Waals surface area contributed by atoms with Gasteiger partial charge in [-0.15, -0.1) is 0 Å². The molecule has 0 bridgehead atoms. The second-order valence-corrected chi connectivity index (χ2v) is 6.62. The van der Waals surface area contributed by atoms with Crippen molar-refractivity contribution in [2.45, 2.75) is 44.7 Å². The van der Waals surface area contributed by atoms with E-state index in [1.54, 1.807) is 0 Å². The van der Waals surface area contributed by atoms with E-state index < -0.39 is 0 Å². The Morgan fingerprint density at radius 3 is 2.68 bits per heavy atom. The lowest BCUT2D eigenvalue weighted by Gasteiger charge is -2.30. The highest BCUT2D eigenvalue weighted by atomic mass is 16.1. The summed E-state index contributed by atoms with van der Waals surface area (Å²) in [5.41, 5.74) is 1.40. The van der Waals surface area contributed by atoms with Crippen molar-refractivity contribution in [2.24, 2.45) is 5.84 Å². The molecule has 7 heteroatoms. The van der Waals surface area contributed by atoms with Gasteiger partial charge >= 0.3 is 0 Å². The number of H-pyrrole nitrogens is 1. The second-order valence-electron chi connectivity index (χ2n) is 6.62. The number of fused-ring (bicyclic) bond motifs is 1. The first kappa shape index (κ1) is 16.0. The van der Waals surface area contributed by atoms with E-state index in [0.717, 1.165) is 18.4 Å². The molecular formula is C18H22N6O. The number of nitrogens with zero attached hydrogens (tertiary/aromatic N) is 4. The Balaban J connectivity index is 1.61. The number of benzene rings is 1. The maximum Gasteiger partial charge on any atom is 0.274 e. The number of rotatable bonds is 4. The fourth-order valence-corrected chi connectivity index (χ4v) is 3.46. The molecule has 130 valence electrons. The predicted octanol–water partition coefficient (Wildman–Crippen LogP) is 2.09. The van der Waals surface area contributed by atoms with Crippen molar-refractivity contribution in [1.82, 2.24) is 24.6 Å². The summed E-state index contributed by atoms with van der Waals surface area (Å²) in [4.78, 5) is 21.4. The summed E-state index contributed by atoms with van der Waals surface area (Å²) in [5.74, 6) is 7.22. The average molecular weight is 338 g/mol. The van der Waals surface area contributed by atoms with Crippen molar-refractivity contribution < 1.29 is 0 Å². The van der Waals surface area contributed by atoms with Gasteiger partial charge in [-0.05, 0) is 12.8 Å². The number of aromatic amines is 1. The van der Waals surface area contributed by atoms with E-state index in [1.807, 2.05) is 35.3 Å². The minimum Gasteiger partial charge on any atom is -0.271 e. The van der Waals surface area contributed by atoms with Crippen LogP contribution in [0.3, 0.4) is 0 Å². The van der Waals surface area contributed by atoms with Crippen molar-refractivity contribution in [3.8, 4) is 11.4 Å². The first-order chi connectivity index (χ1) is 12.2.